The Bertz CT molecular complexity index is 871. The molecule has 0 bridgehead atoms. The quantitative estimate of drug-likeness (QED) is 0.348. The van der Waals surface area contributed by atoms with Crippen LogP contribution in [-0.4, -0.2) is 4.92 Å². The second-order valence-electron chi connectivity index (χ2n) is 4.61. The summed E-state index contributed by atoms with van der Waals surface area (Å²) in [4.78, 5) is 10.3. The van der Waals surface area contributed by atoms with E-state index in [1.807, 2.05) is 0 Å². The summed E-state index contributed by atoms with van der Waals surface area (Å²) in [6, 6.07) is 13.1. The van der Waals surface area contributed by atoms with Gasteiger partial charge < -0.3 is 0 Å². The van der Waals surface area contributed by atoms with Gasteiger partial charge in [0.2, 0.25) is 0 Å². The average molecular weight is 324 g/mol. The molecular weight excluding hydrogens is 315 g/mol. The highest BCUT2D eigenvalue weighted by Crippen LogP contribution is 2.54. The van der Waals surface area contributed by atoms with E-state index < -0.39 is 20.9 Å². The van der Waals surface area contributed by atoms with Gasteiger partial charge in [0, 0.05) is 29.1 Å². The summed E-state index contributed by atoms with van der Waals surface area (Å²) in [5, 5.41) is 11.3. The van der Waals surface area contributed by atoms with Crippen LogP contribution in [-0.2, 0) is 5.51 Å². The third-order valence-corrected chi connectivity index (χ3v) is 5.29. The number of hydrogen-bond donors (Lipinski definition) is 0. The summed E-state index contributed by atoms with van der Waals surface area (Å²) in [6.45, 7) is 0. The monoisotopic (exact) mass is 324 g/mol. The van der Waals surface area contributed by atoms with Crippen LogP contribution in [0.4, 0.5) is 18.9 Å². The molecule has 0 aliphatic heterocycles. The first-order valence-electron chi connectivity index (χ1n) is 6.24. The number of fused-ring (bicyclic) bond motifs is 1. The smallest absolute Gasteiger partial charge is 0.258 e. The predicted octanol–water partition coefficient (Wildman–Crippen LogP) is 5.64. The molecule has 22 heavy (non-hydrogen) atoms. The molecule has 0 aliphatic carbocycles. The molecule has 1 aromatic heterocycles. The molecule has 0 spiro atoms. The van der Waals surface area contributed by atoms with Gasteiger partial charge in [-0.2, -0.15) is 0 Å². The van der Waals surface area contributed by atoms with Gasteiger partial charge in [0.1, 0.15) is 10.5 Å². The number of nitrogens with zero attached hydrogens (tertiary/aromatic N) is 1. The van der Waals surface area contributed by atoms with E-state index >= 15 is 0 Å². The van der Waals surface area contributed by atoms with Crippen LogP contribution < -0.4 is 0 Å². The molecule has 3 aromatic rings. The van der Waals surface area contributed by atoms with Crippen molar-refractivity contribution in [2.24, 2.45) is 0 Å². The molecule has 0 amide bonds. The largest absolute Gasteiger partial charge is 0.601 e. The van der Waals surface area contributed by atoms with Gasteiger partial charge in [0.25, 0.3) is 5.69 Å². The van der Waals surface area contributed by atoms with E-state index in [-0.39, 0.29) is 20.8 Å². The van der Waals surface area contributed by atoms with Gasteiger partial charge in [-0.25, -0.2) is 0 Å². The van der Waals surface area contributed by atoms with Gasteiger partial charge in [-0.1, -0.05) is 18.2 Å². The van der Waals surface area contributed by atoms with Crippen molar-refractivity contribution in [3.8, 4) is 10.4 Å². The molecule has 7 heteroatoms. The van der Waals surface area contributed by atoms with Crippen molar-refractivity contribution >= 4 is 26.2 Å². The summed E-state index contributed by atoms with van der Waals surface area (Å²) >= 11 is 0. The molecule has 0 fully saturated rings. The summed E-state index contributed by atoms with van der Waals surface area (Å²) in [5.74, 6) is 0. The molecule has 0 saturated carbocycles. The first-order chi connectivity index (χ1) is 10.4. The molecule has 2 aromatic carbocycles. The Kier molecular flexibility index (Phi) is 3.37. The molecule has 0 radical (unpaired) electrons. The lowest BCUT2D eigenvalue weighted by Crippen LogP contribution is -1.96. The Balaban J connectivity index is 2.31. The highest BCUT2D eigenvalue weighted by molar-refractivity contribution is 7.41. The summed E-state index contributed by atoms with van der Waals surface area (Å²) in [6.07, 6.45) is 0. The van der Waals surface area contributed by atoms with Crippen molar-refractivity contribution < 1.29 is 18.1 Å². The predicted molar refractivity (Wildman–Crippen MR) is 79.8 cm³/mol. The minimum atomic E-state index is -4.43. The van der Waals surface area contributed by atoms with Gasteiger partial charge in [-0.15, -0.1) is 13.2 Å². The van der Waals surface area contributed by atoms with Gasteiger partial charge >= 0.3 is 5.51 Å². The number of thiophene rings is 1. The highest BCUT2D eigenvalue weighted by atomic mass is 32.2. The molecule has 3 nitrogen and oxygen atoms in total. The Morgan fingerprint density at radius 2 is 1.73 bits per heavy atom. The summed E-state index contributed by atoms with van der Waals surface area (Å²) < 4.78 is 40.6. The first-order valence-corrected chi connectivity index (χ1v) is 7.47. The summed E-state index contributed by atoms with van der Waals surface area (Å²) in [7, 11) is -2.09. The maximum absolute atomic E-state index is 13.5. The first kappa shape index (κ1) is 14.5. The van der Waals surface area contributed by atoms with Crippen molar-refractivity contribution in [3.05, 3.63) is 64.7 Å². The SMILES string of the molecule is O=[N+]([O-])c1cccc(-c2cc3ccccc3[s+]2C(F)(F)F)c1. The van der Waals surface area contributed by atoms with Crippen molar-refractivity contribution in [2.75, 3.05) is 0 Å². The van der Waals surface area contributed by atoms with Crippen LogP contribution >= 0.6 is 10.5 Å². The zero-order valence-corrected chi connectivity index (χ0v) is 11.8. The Morgan fingerprint density at radius 3 is 2.41 bits per heavy atom. The average Bonchev–Trinajstić information content (AvgIpc) is 2.86. The fourth-order valence-electron chi connectivity index (χ4n) is 2.33. The van der Waals surface area contributed by atoms with E-state index in [1.165, 1.54) is 36.4 Å². The number of hydrogen-bond acceptors (Lipinski definition) is 2. The third-order valence-electron chi connectivity index (χ3n) is 3.22. The standard InChI is InChI=1S/C15H9F3NO2S/c16-15(17,18)22-13-7-2-1-4-11(13)9-14(22)10-5-3-6-12(8-10)19(20)21/h1-9H/q+1. The van der Waals surface area contributed by atoms with E-state index in [2.05, 4.69) is 0 Å². The summed E-state index contributed by atoms with van der Waals surface area (Å²) in [5.41, 5.74) is -4.42. The highest BCUT2D eigenvalue weighted by Gasteiger charge is 2.48. The topological polar surface area (TPSA) is 43.1 Å². The lowest BCUT2D eigenvalue weighted by molar-refractivity contribution is -0.384. The van der Waals surface area contributed by atoms with Crippen molar-refractivity contribution in [1.29, 1.82) is 0 Å². The van der Waals surface area contributed by atoms with Crippen LogP contribution in [0.1, 0.15) is 0 Å². The fraction of sp³-hybridized carbons (Fsp3) is 0.0667. The second kappa shape index (κ2) is 5.10. The van der Waals surface area contributed by atoms with Crippen molar-refractivity contribution in [2.45, 2.75) is 5.51 Å². The Labute approximate surface area is 125 Å². The van der Waals surface area contributed by atoms with E-state index in [9.17, 15) is 23.3 Å². The van der Waals surface area contributed by atoms with E-state index in [4.69, 9.17) is 0 Å². The van der Waals surface area contributed by atoms with E-state index in [1.54, 1.807) is 18.2 Å². The molecule has 112 valence electrons. The van der Waals surface area contributed by atoms with Gasteiger partial charge in [-0.05, 0) is 18.2 Å². The maximum Gasteiger partial charge on any atom is 0.601 e. The minimum Gasteiger partial charge on any atom is -0.258 e. The second-order valence-corrected chi connectivity index (χ2v) is 6.56. The number of benzene rings is 2. The number of non-ortho nitro benzene ring substituents is 1. The number of nitro groups is 1. The Hall–Kier alpha value is -2.41. The number of rotatable bonds is 2. The van der Waals surface area contributed by atoms with Gasteiger partial charge in [-0.3, -0.25) is 10.1 Å². The maximum atomic E-state index is 13.5. The third kappa shape index (κ3) is 2.43. The molecule has 1 heterocycles. The number of halogens is 3. The van der Waals surface area contributed by atoms with Crippen molar-refractivity contribution in [1.82, 2.24) is 0 Å². The molecule has 0 aliphatic rings. The lowest BCUT2D eigenvalue weighted by Gasteiger charge is -2.00. The van der Waals surface area contributed by atoms with Crippen molar-refractivity contribution in [3.63, 3.8) is 0 Å². The van der Waals surface area contributed by atoms with Crippen LogP contribution in [0.25, 0.3) is 20.5 Å². The van der Waals surface area contributed by atoms with E-state index in [0.29, 0.717) is 5.39 Å². The zero-order valence-electron chi connectivity index (χ0n) is 11.0. The lowest BCUT2D eigenvalue weighted by atomic mass is 10.1. The molecular formula is C15H9F3NO2S+. The normalized spacial score (nSPS) is 12.6. The molecule has 3 rings (SSSR count). The minimum absolute atomic E-state index is 0.0670. The Morgan fingerprint density at radius 1 is 1.00 bits per heavy atom. The molecule has 1 unspecified atom stereocenters. The molecule has 0 saturated heterocycles. The zero-order chi connectivity index (χ0) is 15.9. The van der Waals surface area contributed by atoms with Gasteiger partial charge in [0.15, 0.2) is 9.58 Å². The van der Waals surface area contributed by atoms with Crippen LogP contribution in [0.2, 0.25) is 0 Å². The fourth-order valence-corrected chi connectivity index (χ4v) is 4.25. The van der Waals surface area contributed by atoms with Crippen LogP contribution in [0.5, 0.6) is 0 Å². The van der Waals surface area contributed by atoms with Crippen LogP contribution in [0.3, 0.4) is 0 Å². The number of nitro benzene ring substituents is 1. The van der Waals surface area contributed by atoms with Crippen LogP contribution in [0.15, 0.2) is 54.6 Å². The molecule has 1 atom stereocenters. The number of alkyl halides is 3. The molecule has 0 N–H and O–H groups in total. The van der Waals surface area contributed by atoms with Crippen LogP contribution in [0, 0.1) is 10.1 Å². The van der Waals surface area contributed by atoms with E-state index in [0.717, 1.165) is 0 Å². The van der Waals surface area contributed by atoms with Gasteiger partial charge in [0.05, 0.1) is 4.92 Å².